The maximum Gasteiger partial charge on any atom is 0.324 e. The van der Waals surface area contributed by atoms with Crippen molar-refractivity contribution in [2.75, 3.05) is 6.61 Å². The highest BCUT2D eigenvalue weighted by molar-refractivity contribution is 7.87. The second-order valence-electron chi connectivity index (χ2n) is 4.05. The van der Waals surface area contributed by atoms with Gasteiger partial charge in [-0.15, -0.1) is 0 Å². The molecule has 8 heteroatoms. The monoisotopic (exact) mass is 240 g/mol. The second-order valence-corrected chi connectivity index (χ2v) is 5.49. The van der Waals surface area contributed by atoms with E-state index in [0.29, 0.717) is 0 Å². The molecular formula is C7H16N2O5S. The third-order valence-corrected chi connectivity index (χ3v) is 2.69. The number of aliphatic hydroxyl groups is 1. The van der Waals surface area contributed by atoms with Gasteiger partial charge in [-0.2, -0.15) is 17.9 Å². The van der Waals surface area contributed by atoms with E-state index >= 15 is 0 Å². The number of carbonyl (C=O) groups is 1. The van der Waals surface area contributed by atoms with Crippen LogP contribution in [-0.2, 0) is 15.0 Å². The maximum absolute atomic E-state index is 11.3. The van der Waals surface area contributed by atoms with Crippen molar-refractivity contribution in [3.05, 3.63) is 0 Å². The Morgan fingerprint density at radius 3 is 2.13 bits per heavy atom. The Morgan fingerprint density at radius 1 is 1.40 bits per heavy atom. The second kappa shape index (κ2) is 4.88. The maximum atomic E-state index is 11.3. The van der Waals surface area contributed by atoms with Crippen LogP contribution in [0.4, 0.5) is 0 Å². The van der Waals surface area contributed by atoms with E-state index in [2.05, 4.69) is 4.72 Å². The highest BCUT2D eigenvalue weighted by Gasteiger charge is 2.26. The zero-order valence-electron chi connectivity index (χ0n) is 8.81. The van der Waals surface area contributed by atoms with Gasteiger partial charge in [0.15, 0.2) is 0 Å². The minimum Gasteiger partial charge on any atom is -0.480 e. The van der Waals surface area contributed by atoms with Crippen LogP contribution in [0, 0.1) is 0 Å². The van der Waals surface area contributed by atoms with E-state index in [1.807, 2.05) is 4.72 Å². The van der Waals surface area contributed by atoms with Crippen LogP contribution in [0.5, 0.6) is 0 Å². The summed E-state index contributed by atoms with van der Waals surface area (Å²) >= 11 is 0. The van der Waals surface area contributed by atoms with Crippen molar-refractivity contribution < 1.29 is 23.4 Å². The smallest absolute Gasteiger partial charge is 0.324 e. The highest BCUT2D eigenvalue weighted by atomic mass is 32.2. The quantitative estimate of drug-likeness (QED) is 0.474. The molecule has 0 aliphatic heterocycles. The summed E-state index contributed by atoms with van der Waals surface area (Å²) in [4.78, 5) is 10.5. The summed E-state index contributed by atoms with van der Waals surface area (Å²) in [6.07, 6.45) is 0. The fourth-order valence-electron chi connectivity index (χ4n) is 0.786. The van der Waals surface area contributed by atoms with Gasteiger partial charge in [0.1, 0.15) is 6.04 Å². The van der Waals surface area contributed by atoms with Gasteiger partial charge in [0, 0.05) is 5.54 Å². The van der Waals surface area contributed by atoms with Crippen molar-refractivity contribution in [1.82, 2.24) is 9.44 Å². The zero-order chi connectivity index (χ0) is 12.3. The van der Waals surface area contributed by atoms with Crippen molar-refractivity contribution in [3.8, 4) is 0 Å². The first-order valence-corrected chi connectivity index (χ1v) is 5.70. The molecule has 0 heterocycles. The SMILES string of the molecule is CC(C)(C)NS(=O)(=O)NC(CO)C(=O)O. The Hall–Kier alpha value is -0.700. The summed E-state index contributed by atoms with van der Waals surface area (Å²) in [6.45, 7) is 4.03. The predicted molar refractivity (Wildman–Crippen MR) is 53.5 cm³/mol. The van der Waals surface area contributed by atoms with Gasteiger partial charge in [0.25, 0.3) is 10.2 Å². The van der Waals surface area contributed by atoms with Crippen LogP contribution in [0.2, 0.25) is 0 Å². The molecule has 0 aromatic carbocycles. The summed E-state index contributed by atoms with van der Waals surface area (Å²) in [5, 5.41) is 17.1. The molecule has 0 aromatic heterocycles. The number of aliphatic hydroxyl groups excluding tert-OH is 1. The van der Waals surface area contributed by atoms with Crippen LogP contribution >= 0.6 is 0 Å². The molecule has 0 aliphatic carbocycles. The van der Waals surface area contributed by atoms with Gasteiger partial charge >= 0.3 is 5.97 Å². The van der Waals surface area contributed by atoms with E-state index < -0.39 is 34.4 Å². The molecule has 0 rings (SSSR count). The number of carboxylic acids is 1. The van der Waals surface area contributed by atoms with Crippen LogP contribution in [0.15, 0.2) is 0 Å². The fraction of sp³-hybridized carbons (Fsp3) is 0.857. The Balaban J connectivity index is 4.57. The summed E-state index contributed by atoms with van der Waals surface area (Å²) in [6, 6.07) is -1.54. The lowest BCUT2D eigenvalue weighted by Crippen LogP contribution is -2.52. The molecule has 1 unspecified atom stereocenters. The molecule has 1 atom stereocenters. The van der Waals surface area contributed by atoms with Crippen LogP contribution in [0.1, 0.15) is 20.8 Å². The van der Waals surface area contributed by atoms with Crippen molar-refractivity contribution in [2.24, 2.45) is 0 Å². The van der Waals surface area contributed by atoms with Crippen molar-refractivity contribution in [3.63, 3.8) is 0 Å². The lowest BCUT2D eigenvalue weighted by Gasteiger charge is -2.22. The lowest BCUT2D eigenvalue weighted by atomic mass is 10.1. The number of aliphatic carboxylic acids is 1. The summed E-state index contributed by atoms with van der Waals surface area (Å²) < 4.78 is 26.7. The number of hydrogen-bond donors (Lipinski definition) is 4. The Kier molecular flexibility index (Phi) is 4.65. The Bertz CT molecular complexity index is 319. The van der Waals surface area contributed by atoms with E-state index in [0.717, 1.165) is 0 Å². The van der Waals surface area contributed by atoms with Crippen LogP contribution < -0.4 is 9.44 Å². The van der Waals surface area contributed by atoms with E-state index in [-0.39, 0.29) is 0 Å². The summed E-state index contributed by atoms with van der Waals surface area (Å²) in [5.74, 6) is -1.43. The molecule has 0 aliphatic rings. The number of rotatable bonds is 5. The molecule has 4 N–H and O–H groups in total. The van der Waals surface area contributed by atoms with Crippen LogP contribution in [-0.4, -0.2) is 42.8 Å². The van der Waals surface area contributed by atoms with Crippen molar-refractivity contribution in [2.45, 2.75) is 32.4 Å². The molecule has 0 saturated heterocycles. The molecule has 0 fully saturated rings. The number of carboxylic acid groups (broad SMARTS) is 1. The minimum absolute atomic E-state index is 0.718. The number of nitrogens with one attached hydrogen (secondary N) is 2. The van der Waals surface area contributed by atoms with Crippen LogP contribution in [0.25, 0.3) is 0 Å². The normalized spacial score (nSPS) is 14.9. The molecule has 90 valence electrons. The third kappa shape index (κ3) is 6.39. The van der Waals surface area contributed by atoms with Gasteiger partial charge in [-0.3, -0.25) is 4.79 Å². The molecule has 0 spiro atoms. The van der Waals surface area contributed by atoms with Gasteiger partial charge in [-0.1, -0.05) is 0 Å². The topological polar surface area (TPSA) is 116 Å². The third-order valence-electron chi connectivity index (χ3n) is 1.22. The standard InChI is InChI=1S/C7H16N2O5S/c1-7(2,3)9-15(13,14)8-5(4-10)6(11)12/h5,8-10H,4H2,1-3H3,(H,11,12). The van der Waals surface area contributed by atoms with Gasteiger partial charge in [0.2, 0.25) is 0 Å². The van der Waals surface area contributed by atoms with Crippen molar-refractivity contribution in [1.29, 1.82) is 0 Å². The molecule has 0 radical (unpaired) electrons. The largest absolute Gasteiger partial charge is 0.480 e. The lowest BCUT2D eigenvalue weighted by molar-refractivity contribution is -0.139. The van der Waals surface area contributed by atoms with Gasteiger partial charge in [-0.05, 0) is 20.8 Å². The summed E-state index contributed by atoms with van der Waals surface area (Å²) in [5.41, 5.74) is -0.718. The first-order chi connectivity index (χ1) is 6.57. The minimum atomic E-state index is -3.94. The molecule has 15 heavy (non-hydrogen) atoms. The average molecular weight is 240 g/mol. The van der Waals surface area contributed by atoms with Gasteiger partial charge in [0.05, 0.1) is 6.61 Å². The van der Waals surface area contributed by atoms with E-state index in [1.54, 1.807) is 20.8 Å². The highest BCUT2D eigenvalue weighted by Crippen LogP contribution is 2.01. The average Bonchev–Trinajstić information content (AvgIpc) is 1.94. The summed E-state index contributed by atoms with van der Waals surface area (Å²) in [7, 11) is -3.94. The molecule has 0 aromatic rings. The van der Waals surface area contributed by atoms with E-state index in [4.69, 9.17) is 10.2 Å². The first kappa shape index (κ1) is 14.3. The predicted octanol–water partition coefficient (Wildman–Crippen LogP) is -1.35. The Labute approximate surface area is 88.7 Å². The Morgan fingerprint density at radius 2 is 1.87 bits per heavy atom. The van der Waals surface area contributed by atoms with Gasteiger partial charge in [-0.25, -0.2) is 0 Å². The number of hydrogen-bond acceptors (Lipinski definition) is 4. The van der Waals surface area contributed by atoms with Crippen molar-refractivity contribution >= 4 is 16.2 Å². The molecular weight excluding hydrogens is 224 g/mol. The molecule has 0 saturated carbocycles. The fourth-order valence-corrected chi connectivity index (χ4v) is 2.20. The molecule has 0 bridgehead atoms. The first-order valence-electron chi connectivity index (χ1n) is 4.22. The van der Waals surface area contributed by atoms with Gasteiger partial charge < -0.3 is 10.2 Å². The van der Waals surface area contributed by atoms with E-state index in [1.165, 1.54) is 0 Å². The zero-order valence-corrected chi connectivity index (χ0v) is 9.63. The van der Waals surface area contributed by atoms with Crippen LogP contribution in [0.3, 0.4) is 0 Å². The van der Waals surface area contributed by atoms with E-state index in [9.17, 15) is 13.2 Å². The molecule has 0 amide bonds. The molecule has 7 nitrogen and oxygen atoms in total.